The SMILES string of the molecule is C=C1CCCCC1C(Sc1ccccc1)C(=O)OCC. The first-order chi connectivity index (χ1) is 9.72. The van der Waals surface area contributed by atoms with Crippen LogP contribution in [0.4, 0.5) is 0 Å². The molecule has 0 aliphatic heterocycles. The predicted octanol–water partition coefficient (Wildman–Crippen LogP) is 4.46. The van der Waals surface area contributed by atoms with Crippen LogP contribution in [0.25, 0.3) is 0 Å². The van der Waals surface area contributed by atoms with E-state index in [-0.39, 0.29) is 17.1 Å². The first-order valence-corrected chi connectivity index (χ1v) is 8.16. The number of hydrogen-bond donors (Lipinski definition) is 0. The number of esters is 1. The maximum atomic E-state index is 12.3. The Morgan fingerprint density at radius 3 is 2.80 bits per heavy atom. The average molecular weight is 290 g/mol. The third-order valence-corrected chi connectivity index (χ3v) is 5.00. The standard InChI is InChI=1S/C17H22O2S/c1-3-19-17(18)16(15-12-8-7-9-13(15)2)20-14-10-5-4-6-11-14/h4-6,10-11,15-16H,2-3,7-9,12H2,1H3. The molecule has 2 unspecified atom stereocenters. The van der Waals surface area contributed by atoms with Crippen LogP contribution in [0, 0.1) is 5.92 Å². The van der Waals surface area contributed by atoms with Gasteiger partial charge in [0, 0.05) is 10.8 Å². The van der Waals surface area contributed by atoms with Crippen LogP contribution in [0.5, 0.6) is 0 Å². The minimum atomic E-state index is -0.162. The first kappa shape index (κ1) is 15.2. The largest absolute Gasteiger partial charge is 0.465 e. The molecule has 0 N–H and O–H groups in total. The van der Waals surface area contributed by atoms with Gasteiger partial charge in [0.05, 0.1) is 6.61 Å². The summed E-state index contributed by atoms with van der Waals surface area (Å²) in [6.45, 7) is 6.47. The van der Waals surface area contributed by atoms with Gasteiger partial charge in [-0.25, -0.2) is 0 Å². The van der Waals surface area contributed by atoms with E-state index in [0.29, 0.717) is 6.61 Å². The van der Waals surface area contributed by atoms with Crippen LogP contribution in [0.1, 0.15) is 32.6 Å². The fourth-order valence-electron chi connectivity index (χ4n) is 2.64. The normalized spacial score (nSPS) is 20.4. The summed E-state index contributed by atoms with van der Waals surface area (Å²) in [7, 11) is 0. The lowest BCUT2D eigenvalue weighted by Gasteiger charge is -2.30. The van der Waals surface area contributed by atoms with Gasteiger partial charge in [-0.1, -0.05) is 36.8 Å². The summed E-state index contributed by atoms with van der Waals surface area (Å²) < 4.78 is 5.28. The van der Waals surface area contributed by atoms with Gasteiger partial charge in [0.1, 0.15) is 5.25 Å². The minimum absolute atomic E-state index is 0.102. The molecule has 1 saturated carbocycles. The second kappa shape index (κ2) is 7.53. The maximum Gasteiger partial charge on any atom is 0.320 e. The van der Waals surface area contributed by atoms with Gasteiger partial charge in [-0.3, -0.25) is 4.79 Å². The summed E-state index contributed by atoms with van der Waals surface area (Å²) in [4.78, 5) is 13.4. The van der Waals surface area contributed by atoms with Crippen molar-refractivity contribution >= 4 is 17.7 Å². The average Bonchev–Trinajstić information content (AvgIpc) is 2.47. The summed E-state index contributed by atoms with van der Waals surface area (Å²) >= 11 is 1.61. The summed E-state index contributed by atoms with van der Waals surface area (Å²) in [5.74, 6) is 0.141. The number of thioether (sulfide) groups is 1. The second-order valence-corrected chi connectivity index (χ2v) is 6.33. The summed E-state index contributed by atoms with van der Waals surface area (Å²) in [5, 5.41) is -0.162. The van der Waals surface area contributed by atoms with Crippen LogP contribution in [0.15, 0.2) is 47.4 Å². The molecule has 0 radical (unpaired) electrons. The Kier molecular flexibility index (Phi) is 5.72. The molecule has 108 valence electrons. The van der Waals surface area contributed by atoms with Crippen LogP contribution in [-0.2, 0) is 9.53 Å². The molecule has 2 atom stereocenters. The molecule has 0 spiro atoms. The van der Waals surface area contributed by atoms with Crippen molar-refractivity contribution < 1.29 is 9.53 Å². The smallest absolute Gasteiger partial charge is 0.320 e. The van der Waals surface area contributed by atoms with E-state index in [1.165, 1.54) is 18.4 Å². The van der Waals surface area contributed by atoms with Crippen LogP contribution in [-0.4, -0.2) is 17.8 Å². The zero-order chi connectivity index (χ0) is 14.4. The van der Waals surface area contributed by atoms with Crippen LogP contribution in [0.2, 0.25) is 0 Å². The number of carbonyl (C=O) groups excluding carboxylic acids is 1. The van der Waals surface area contributed by atoms with Crippen molar-refractivity contribution in [1.82, 2.24) is 0 Å². The van der Waals surface area contributed by atoms with Gasteiger partial charge in [0.2, 0.25) is 0 Å². The fourth-order valence-corrected chi connectivity index (χ4v) is 3.90. The lowest BCUT2D eigenvalue weighted by atomic mass is 9.83. The lowest BCUT2D eigenvalue weighted by Crippen LogP contribution is -2.31. The molecule has 1 aromatic carbocycles. The molecule has 1 aliphatic carbocycles. The molecule has 0 bridgehead atoms. The van der Waals surface area contributed by atoms with Crippen molar-refractivity contribution in [2.24, 2.45) is 5.92 Å². The van der Waals surface area contributed by atoms with Gasteiger partial charge in [0.25, 0.3) is 0 Å². The van der Waals surface area contributed by atoms with E-state index in [0.717, 1.165) is 17.7 Å². The van der Waals surface area contributed by atoms with E-state index in [9.17, 15) is 4.79 Å². The van der Waals surface area contributed by atoms with Gasteiger partial charge < -0.3 is 4.74 Å². The topological polar surface area (TPSA) is 26.3 Å². The number of hydrogen-bond acceptors (Lipinski definition) is 3. The quantitative estimate of drug-likeness (QED) is 0.455. The molecule has 2 rings (SSSR count). The zero-order valence-electron chi connectivity index (χ0n) is 12.0. The molecule has 0 saturated heterocycles. The monoisotopic (exact) mass is 290 g/mol. The van der Waals surface area contributed by atoms with Crippen molar-refractivity contribution in [3.63, 3.8) is 0 Å². The summed E-state index contributed by atoms with van der Waals surface area (Å²) in [6.07, 6.45) is 4.45. The molecule has 1 aliphatic rings. The van der Waals surface area contributed by atoms with Crippen molar-refractivity contribution in [1.29, 1.82) is 0 Å². The maximum absolute atomic E-state index is 12.3. The van der Waals surface area contributed by atoms with Gasteiger partial charge in [-0.2, -0.15) is 0 Å². The third-order valence-electron chi connectivity index (χ3n) is 3.68. The molecule has 3 heteroatoms. The molecular weight excluding hydrogens is 268 g/mol. The van der Waals surface area contributed by atoms with E-state index in [1.807, 2.05) is 37.3 Å². The molecule has 0 amide bonds. The molecule has 0 heterocycles. The Morgan fingerprint density at radius 2 is 2.15 bits per heavy atom. The predicted molar refractivity (Wildman–Crippen MR) is 83.8 cm³/mol. The Labute approximate surface area is 125 Å². The van der Waals surface area contributed by atoms with Crippen molar-refractivity contribution in [3.8, 4) is 0 Å². The fraction of sp³-hybridized carbons (Fsp3) is 0.471. The van der Waals surface area contributed by atoms with Gasteiger partial charge in [-0.15, -0.1) is 11.8 Å². The Bertz CT molecular complexity index is 455. The van der Waals surface area contributed by atoms with E-state index in [4.69, 9.17) is 4.74 Å². The highest BCUT2D eigenvalue weighted by Gasteiger charge is 2.33. The van der Waals surface area contributed by atoms with Crippen LogP contribution in [0.3, 0.4) is 0 Å². The Morgan fingerprint density at radius 1 is 1.40 bits per heavy atom. The molecule has 1 fully saturated rings. The first-order valence-electron chi connectivity index (χ1n) is 7.28. The van der Waals surface area contributed by atoms with Gasteiger partial charge in [-0.05, 0) is 38.3 Å². The number of carbonyl (C=O) groups is 1. The molecule has 2 nitrogen and oxygen atoms in total. The minimum Gasteiger partial charge on any atom is -0.465 e. The van der Waals surface area contributed by atoms with E-state index in [2.05, 4.69) is 6.58 Å². The van der Waals surface area contributed by atoms with Crippen molar-refractivity contribution in [2.75, 3.05) is 6.61 Å². The molecular formula is C17H22O2S. The number of rotatable bonds is 5. The number of allylic oxidation sites excluding steroid dienone is 1. The van der Waals surface area contributed by atoms with E-state index >= 15 is 0 Å². The third kappa shape index (κ3) is 3.89. The number of ether oxygens (including phenoxy) is 1. The zero-order valence-corrected chi connectivity index (χ0v) is 12.8. The summed E-state index contributed by atoms with van der Waals surface area (Å²) in [5.41, 5.74) is 1.21. The second-order valence-electron chi connectivity index (χ2n) is 5.11. The van der Waals surface area contributed by atoms with Gasteiger partial charge >= 0.3 is 5.97 Å². The summed E-state index contributed by atoms with van der Waals surface area (Å²) in [6, 6.07) is 10.1. The molecule has 0 aromatic heterocycles. The molecule has 1 aromatic rings. The van der Waals surface area contributed by atoms with Crippen molar-refractivity contribution in [3.05, 3.63) is 42.5 Å². The molecule has 20 heavy (non-hydrogen) atoms. The van der Waals surface area contributed by atoms with Crippen LogP contribution < -0.4 is 0 Å². The highest BCUT2D eigenvalue weighted by molar-refractivity contribution is 8.00. The highest BCUT2D eigenvalue weighted by atomic mass is 32.2. The van der Waals surface area contributed by atoms with E-state index in [1.54, 1.807) is 11.8 Å². The van der Waals surface area contributed by atoms with Gasteiger partial charge in [0.15, 0.2) is 0 Å². The number of benzene rings is 1. The lowest BCUT2D eigenvalue weighted by molar-refractivity contribution is -0.143. The van der Waals surface area contributed by atoms with Crippen LogP contribution >= 0.6 is 11.8 Å². The van der Waals surface area contributed by atoms with E-state index < -0.39 is 0 Å². The van der Waals surface area contributed by atoms with Crippen molar-refractivity contribution in [2.45, 2.75) is 42.8 Å². The Balaban J connectivity index is 2.15. The Hall–Kier alpha value is -1.22. The highest BCUT2D eigenvalue weighted by Crippen LogP contribution is 2.39.